The van der Waals surface area contributed by atoms with Crippen LogP contribution >= 0.6 is 0 Å². The van der Waals surface area contributed by atoms with Gasteiger partial charge in [0, 0.05) is 19.6 Å². The quantitative estimate of drug-likeness (QED) is 0.125. The van der Waals surface area contributed by atoms with Crippen molar-refractivity contribution in [3.05, 3.63) is 173 Å². The number of rotatable bonds is 16. The van der Waals surface area contributed by atoms with Crippen molar-refractivity contribution in [3.8, 4) is 5.75 Å². The second-order valence-corrected chi connectivity index (χ2v) is 11.7. The van der Waals surface area contributed by atoms with Gasteiger partial charge in [0.2, 0.25) is 11.8 Å². The van der Waals surface area contributed by atoms with Gasteiger partial charge < -0.3 is 15.4 Å². The Bertz CT molecular complexity index is 1610. The van der Waals surface area contributed by atoms with E-state index in [1.54, 1.807) is 7.11 Å². The van der Waals surface area contributed by atoms with Crippen molar-refractivity contribution in [1.82, 2.24) is 15.5 Å². The lowest BCUT2D eigenvalue weighted by Gasteiger charge is -2.33. The van der Waals surface area contributed by atoms with Crippen LogP contribution in [0.2, 0.25) is 0 Å². The molecule has 2 unspecified atom stereocenters. The summed E-state index contributed by atoms with van der Waals surface area (Å²) in [4.78, 5) is 30.5. The molecule has 47 heavy (non-hydrogen) atoms. The van der Waals surface area contributed by atoms with Crippen molar-refractivity contribution in [1.29, 1.82) is 0 Å². The van der Waals surface area contributed by atoms with Gasteiger partial charge in [-0.05, 0) is 59.2 Å². The van der Waals surface area contributed by atoms with E-state index in [4.69, 9.17) is 4.74 Å². The Hall–Kier alpha value is -5.20. The van der Waals surface area contributed by atoms with E-state index in [2.05, 4.69) is 39.8 Å². The first-order valence-corrected chi connectivity index (χ1v) is 16.2. The van der Waals surface area contributed by atoms with Gasteiger partial charge in [0.25, 0.3) is 0 Å². The number of aryl methyl sites for hydroxylation is 1. The molecule has 0 heterocycles. The minimum Gasteiger partial charge on any atom is -0.497 e. The smallest absolute Gasteiger partial charge is 0.242 e. The van der Waals surface area contributed by atoms with E-state index >= 15 is 0 Å². The molecule has 0 radical (unpaired) electrons. The van der Waals surface area contributed by atoms with Gasteiger partial charge in [-0.1, -0.05) is 133 Å². The molecule has 2 amide bonds. The Morgan fingerprint density at radius 3 is 1.55 bits per heavy atom. The van der Waals surface area contributed by atoms with Gasteiger partial charge in [-0.15, -0.1) is 0 Å². The number of carbonyl (C=O) groups is 2. The molecular weight excluding hydrogens is 582 g/mol. The lowest BCUT2D eigenvalue weighted by Crippen LogP contribution is -2.51. The fourth-order valence-electron chi connectivity index (χ4n) is 5.76. The standard InChI is InChI=1S/C41H43N3O3/c1-47-37-25-23-36(24-26-37)39(44(30-34-18-10-4-11-19-34)31-35-20-12-5-13-21-35)41(46)43-38(27-22-32-14-6-2-7-15-32)40(45)42-29-28-33-16-8-3-9-17-33/h2-21,23-26,38-39H,22,27-31H2,1H3,(H,42,45)(H,43,46). The normalized spacial score (nSPS) is 12.2. The Morgan fingerprint density at radius 2 is 1.06 bits per heavy atom. The van der Waals surface area contributed by atoms with E-state index in [1.807, 2.05) is 121 Å². The highest BCUT2D eigenvalue weighted by Gasteiger charge is 2.31. The molecule has 0 aliphatic rings. The molecule has 5 rings (SSSR count). The lowest BCUT2D eigenvalue weighted by atomic mass is 10.00. The molecule has 0 spiro atoms. The highest BCUT2D eigenvalue weighted by Crippen LogP contribution is 2.28. The first kappa shape index (κ1) is 33.2. The van der Waals surface area contributed by atoms with Gasteiger partial charge in [-0.2, -0.15) is 0 Å². The first-order chi connectivity index (χ1) is 23.1. The highest BCUT2D eigenvalue weighted by atomic mass is 16.5. The van der Waals surface area contributed by atoms with Gasteiger partial charge >= 0.3 is 0 Å². The zero-order chi connectivity index (χ0) is 32.7. The van der Waals surface area contributed by atoms with Gasteiger partial charge in [0.05, 0.1) is 7.11 Å². The second-order valence-electron chi connectivity index (χ2n) is 11.7. The summed E-state index contributed by atoms with van der Waals surface area (Å²) in [5.41, 5.74) is 5.27. The van der Waals surface area contributed by atoms with Crippen LogP contribution in [0.25, 0.3) is 0 Å². The molecule has 240 valence electrons. The van der Waals surface area contributed by atoms with E-state index in [0.29, 0.717) is 44.6 Å². The van der Waals surface area contributed by atoms with E-state index in [9.17, 15) is 9.59 Å². The fourth-order valence-corrected chi connectivity index (χ4v) is 5.76. The minimum absolute atomic E-state index is 0.184. The molecule has 2 N–H and O–H groups in total. The minimum atomic E-state index is -0.713. The SMILES string of the molecule is COc1ccc(C(C(=O)NC(CCc2ccccc2)C(=O)NCCc2ccccc2)N(Cc2ccccc2)Cc2ccccc2)cc1. The summed E-state index contributed by atoms with van der Waals surface area (Å²) in [6.45, 7) is 1.56. The summed E-state index contributed by atoms with van der Waals surface area (Å²) < 4.78 is 5.43. The van der Waals surface area contributed by atoms with Crippen LogP contribution in [0.5, 0.6) is 5.75 Å². The molecule has 6 nitrogen and oxygen atoms in total. The summed E-state index contributed by atoms with van der Waals surface area (Å²) >= 11 is 0. The van der Waals surface area contributed by atoms with Gasteiger partial charge in [-0.25, -0.2) is 0 Å². The van der Waals surface area contributed by atoms with E-state index in [1.165, 1.54) is 0 Å². The summed E-state index contributed by atoms with van der Waals surface area (Å²) in [6.07, 6.45) is 1.84. The molecular formula is C41H43N3O3. The van der Waals surface area contributed by atoms with Crippen molar-refractivity contribution in [2.24, 2.45) is 0 Å². The van der Waals surface area contributed by atoms with E-state index in [-0.39, 0.29) is 11.8 Å². The van der Waals surface area contributed by atoms with Crippen molar-refractivity contribution in [2.45, 2.75) is 44.4 Å². The molecule has 0 aromatic heterocycles. The Kier molecular flexibility index (Phi) is 12.3. The van der Waals surface area contributed by atoms with Crippen molar-refractivity contribution < 1.29 is 14.3 Å². The van der Waals surface area contributed by atoms with Crippen LogP contribution in [0.15, 0.2) is 146 Å². The van der Waals surface area contributed by atoms with Crippen LogP contribution < -0.4 is 15.4 Å². The third-order valence-electron chi connectivity index (χ3n) is 8.26. The number of benzene rings is 5. The molecule has 0 saturated heterocycles. The maximum atomic E-state index is 14.6. The molecule has 0 aliphatic carbocycles. The zero-order valence-electron chi connectivity index (χ0n) is 26.9. The number of nitrogens with one attached hydrogen (secondary N) is 2. The average molecular weight is 626 g/mol. The molecule has 0 fully saturated rings. The third-order valence-corrected chi connectivity index (χ3v) is 8.26. The number of amides is 2. The Labute approximate surface area is 278 Å². The molecule has 0 saturated carbocycles. The molecule has 0 bridgehead atoms. The zero-order valence-corrected chi connectivity index (χ0v) is 26.9. The summed E-state index contributed by atoms with van der Waals surface area (Å²) in [5.74, 6) is 0.304. The fraction of sp³-hybridized carbons (Fsp3) is 0.220. The summed E-state index contributed by atoms with van der Waals surface area (Å²) in [7, 11) is 1.63. The highest BCUT2D eigenvalue weighted by molar-refractivity contribution is 5.90. The predicted molar refractivity (Wildman–Crippen MR) is 188 cm³/mol. The number of hydrogen-bond donors (Lipinski definition) is 2. The monoisotopic (exact) mass is 625 g/mol. The Balaban J connectivity index is 1.43. The molecule has 5 aromatic rings. The largest absolute Gasteiger partial charge is 0.497 e. The van der Waals surface area contributed by atoms with Crippen molar-refractivity contribution in [3.63, 3.8) is 0 Å². The van der Waals surface area contributed by atoms with Crippen LogP contribution in [0.3, 0.4) is 0 Å². The van der Waals surface area contributed by atoms with Crippen LogP contribution in [-0.4, -0.2) is 36.4 Å². The van der Waals surface area contributed by atoms with Crippen LogP contribution in [0, 0.1) is 0 Å². The molecule has 0 aliphatic heterocycles. The van der Waals surface area contributed by atoms with E-state index in [0.717, 1.165) is 27.8 Å². The van der Waals surface area contributed by atoms with Crippen LogP contribution in [0.1, 0.15) is 40.3 Å². The van der Waals surface area contributed by atoms with Crippen LogP contribution in [-0.2, 0) is 35.5 Å². The van der Waals surface area contributed by atoms with Crippen molar-refractivity contribution in [2.75, 3.05) is 13.7 Å². The average Bonchev–Trinajstić information content (AvgIpc) is 3.12. The number of ether oxygens (including phenoxy) is 1. The number of methoxy groups -OCH3 is 1. The predicted octanol–water partition coefficient (Wildman–Crippen LogP) is 6.92. The summed E-state index contributed by atoms with van der Waals surface area (Å²) in [5, 5.41) is 6.28. The topological polar surface area (TPSA) is 70.7 Å². The number of hydrogen-bond acceptors (Lipinski definition) is 4. The van der Waals surface area contributed by atoms with Gasteiger partial charge in [-0.3, -0.25) is 14.5 Å². The third kappa shape index (κ3) is 10.1. The maximum Gasteiger partial charge on any atom is 0.242 e. The molecule has 5 aromatic carbocycles. The van der Waals surface area contributed by atoms with Gasteiger partial charge in [0.1, 0.15) is 17.8 Å². The first-order valence-electron chi connectivity index (χ1n) is 16.2. The van der Waals surface area contributed by atoms with Crippen molar-refractivity contribution >= 4 is 11.8 Å². The summed E-state index contributed by atoms with van der Waals surface area (Å²) in [6, 6.07) is 46.7. The second kappa shape index (κ2) is 17.5. The molecule has 6 heteroatoms. The van der Waals surface area contributed by atoms with E-state index < -0.39 is 12.1 Å². The number of carbonyl (C=O) groups excluding carboxylic acids is 2. The lowest BCUT2D eigenvalue weighted by molar-refractivity contribution is -0.132. The van der Waals surface area contributed by atoms with Crippen LogP contribution in [0.4, 0.5) is 0 Å². The number of nitrogens with zero attached hydrogens (tertiary/aromatic N) is 1. The maximum absolute atomic E-state index is 14.6. The van der Waals surface area contributed by atoms with Gasteiger partial charge in [0.15, 0.2) is 0 Å². The molecule has 2 atom stereocenters. The Morgan fingerprint density at radius 1 is 0.596 bits per heavy atom.